The van der Waals surface area contributed by atoms with Gasteiger partial charge in [0.1, 0.15) is 12.6 Å². The molecule has 7 nitrogen and oxygen atoms in total. The van der Waals surface area contributed by atoms with Gasteiger partial charge in [-0.25, -0.2) is 8.42 Å². The van der Waals surface area contributed by atoms with Crippen molar-refractivity contribution in [2.75, 3.05) is 10.8 Å². The summed E-state index contributed by atoms with van der Waals surface area (Å²) in [5, 5.41) is 3.15. The standard InChI is InChI=1S/C33H41N3O4S/c1-4-26-18-20-29(21-19-26)36(41(39,40)30-16-7-6-8-17-30)24-32(37)35(23-27-13-11-12-25(3)22-27)31(5-2)33(38)34-28-14-9-10-15-28/h6-8,11-13,16-22,28,31H,4-5,9-10,14-15,23-24H2,1-3H3,(H,34,38)/t31-/m0/s1. The van der Waals surface area contributed by atoms with Gasteiger partial charge in [0.25, 0.3) is 10.0 Å². The molecular weight excluding hydrogens is 534 g/mol. The topological polar surface area (TPSA) is 86.8 Å². The molecule has 0 unspecified atom stereocenters. The normalized spacial score (nSPS) is 14.4. The van der Waals surface area contributed by atoms with Crippen LogP contribution in [0.3, 0.4) is 0 Å². The molecule has 1 aliphatic rings. The number of rotatable bonds is 12. The Morgan fingerprint density at radius 3 is 2.20 bits per heavy atom. The molecule has 0 radical (unpaired) electrons. The highest BCUT2D eigenvalue weighted by Gasteiger charge is 2.34. The van der Waals surface area contributed by atoms with Crippen LogP contribution < -0.4 is 9.62 Å². The fraction of sp³-hybridized carbons (Fsp3) is 0.394. The maximum Gasteiger partial charge on any atom is 0.264 e. The molecule has 41 heavy (non-hydrogen) atoms. The summed E-state index contributed by atoms with van der Waals surface area (Å²) >= 11 is 0. The van der Waals surface area contributed by atoms with Crippen LogP contribution in [-0.4, -0.2) is 43.8 Å². The van der Waals surface area contributed by atoms with E-state index in [4.69, 9.17) is 0 Å². The summed E-state index contributed by atoms with van der Waals surface area (Å²) < 4.78 is 29.0. The quantitative estimate of drug-likeness (QED) is 0.304. The zero-order chi connectivity index (χ0) is 29.4. The third-order valence-corrected chi connectivity index (χ3v) is 9.55. The minimum atomic E-state index is -4.07. The Labute approximate surface area is 244 Å². The Bertz CT molecular complexity index is 1420. The first-order valence-corrected chi connectivity index (χ1v) is 16.0. The van der Waals surface area contributed by atoms with Gasteiger partial charge in [-0.15, -0.1) is 0 Å². The summed E-state index contributed by atoms with van der Waals surface area (Å²) in [5.74, 6) is -0.621. The second-order valence-corrected chi connectivity index (χ2v) is 12.6. The number of hydrogen-bond acceptors (Lipinski definition) is 4. The van der Waals surface area contributed by atoms with Crippen LogP contribution in [0.4, 0.5) is 5.69 Å². The average molecular weight is 576 g/mol. The van der Waals surface area contributed by atoms with Crippen molar-refractivity contribution >= 4 is 27.5 Å². The van der Waals surface area contributed by atoms with Crippen LogP contribution in [0.1, 0.15) is 62.6 Å². The van der Waals surface area contributed by atoms with Crippen molar-refractivity contribution in [3.05, 3.63) is 95.6 Å². The Kier molecular flexibility index (Phi) is 10.2. The number of aryl methyl sites for hydroxylation is 2. The average Bonchev–Trinajstić information content (AvgIpc) is 3.49. The highest BCUT2D eigenvalue weighted by atomic mass is 32.2. The molecule has 0 bridgehead atoms. The van der Waals surface area contributed by atoms with Gasteiger partial charge < -0.3 is 10.2 Å². The summed E-state index contributed by atoms with van der Waals surface area (Å²) in [5.41, 5.74) is 3.39. The zero-order valence-electron chi connectivity index (χ0n) is 24.3. The van der Waals surface area contributed by atoms with Crippen LogP contribution in [0, 0.1) is 6.92 Å². The molecule has 8 heteroatoms. The van der Waals surface area contributed by atoms with Gasteiger partial charge in [-0.3, -0.25) is 13.9 Å². The van der Waals surface area contributed by atoms with Crippen molar-refractivity contribution < 1.29 is 18.0 Å². The summed E-state index contributed by atoms with van der Waals surface area (Å²) in [6.07, 6.45) is 5.25. The number of carbonyl (C=O) groups excluding carboxylic acids is 2. The van der Waals surface area contributed by atoms with E-state index in [2.05, 4.69) is 5.32 Å². The van der Waals surface area contributed by atoms with Gasteiger partial charge in [-0.2, -0.15) is 0 Å². The predicted molar refractivity (Wildman–Crippen MR) is 163 cm³/mol. The van der Waals surface area contributed by atoms with Gasteiger partial charge in [-0.1, -0.05) is 86.8 Å². The van der Waals surface area contributed by atoms with E-state index in [9.17, 15) is 18.0 Å². The van der Waals surface area contributed by atoms with Crippen molar-refractivity contribution in [2.45, 2.75) is 82.8 Å². The molecule has 1 aliphatic carbocycles. The fourth-order valence-corrected chi connectivity index (χ4v) is 6.88. The van der Waals surface area contributed by atoms with Crippen molar-refractivity contribution in [3.63, 3.8) is 0 Å². The zero-order valence-corrected chi connectivity index (χ0v) is 25.1. The predicted octanol–water partition coefficient (Wildman–Crippen LogP) is 5.62. The lowest BCUT2D eigenvalue weighted by molar-refractivity contribution is -0.140. The Morgan fingerprint density at radius 2 is 1.59 bits per heavy atom. The molecule has 4 rings (SSSR count). The van der Waals surface area contributed by atoms with E-state index in [0.29, 0.717) is 12.1 Å². The summed E-state index contributed by atoms with van der Waals surface area (Å²) in [6.45, 7) is 5.67. The summed E-state index contributed by atoms with van der Waals surface area (Å²) in [6, 6.07) is 22.6. The van der Waals surface area contributed by atoms with Gasteiger partial charge in [0.15, 0.2) is 0 Å². The Hall–Kier alpha value is -3.65. The third kappa shape index (κ3) is 7.55. The SMILES string of the molecule is CCc1ccc(N(CC(=O)N(Cc2cccc(C)c2)[C@@H](CC)C(=O)NC2CCCC2)S(=O)(=O)c2ccccc2)cc1. The molecule has 3 aromatic rings. The maximum atomic E-state index is 14.2. The lowest BCUT2D eigenvalue weighted by Crippen LogP contribution is -2.53. The second kappa shape index (κ2) is 13.8. The number of anilines is 1. The van der Waals surface area contributed by atoms with Crippen LogP contribution in [0.25, 0.3) is 0 Å². The highest BCUT2D eigenvalue weighted by molar-refractivity contribution is 7.92. The van der Waals surface area contributed by atoms with Crippen molar-refractivity contribution in [1.82, 2.24) is 10.2 Å². The van der Waals surface area contributed by atoms with Crippen LogP contribution >= 0.6 is 0 Å². The van der Waals surface area contributed by atoms with Crippen molar-refractivity contribution in [3.8, 4) is 0 Å². The largest absolute Gasteiger partial charge is 0.352 e. The first-order chi connectivity index (χ1) is 19.7. The van der Waals surface area contributed by atoms with Crippen LogP contribution in [0.5, 0.6) is 0 Å². The van der Waals surface area contributed by atoms with Crippen LogP contribution in [0.2, 0.25) is 0 Å². The van der Waals surface area contributed by atoms with Gasteiger partial charge in [0.2, 0.25) is 11.8 Å². The molecule has 1 saturated carbocycles. The van der Waals surface area contributed by atoms with Gasteiger partial charge in [-0.05, 0) is 68.0 Å². The first-order valence-electron chi connectivity index (χ1n) is 14.5. The molecule has 2 amide bonds. The summed E-state index contributed by atoms with van der Waals surface area (Å²) in [4.78, 5) is 29.4. The number of amides is 2. The molecule has 0 spiro atoms. The minimum absolute atomic E-state index is 0.101. The molecule has 3 aromatic carbocycles. The smallest absolute Gasteiger partial charge is 0.264 e. The minimum Gasteiger partial charge on any atom is -0.352 e. The molecular formula is C33H41N3O4S. The van der Waals surface area contributed by atoms with E-state index < -0.39 is 28.5 Å². The van der Waals surface area contributed by atoms with E-state index in [1.807, 2.05) is 57.2 Å². The molecule has 0 heterocycles. The van der Waals surface area contributed by atoms with E-state index in [1.165, 1.54) is 12.1 Å². The summed E-state index contributed by atoms with van der Waals surface area (Å²) in [7, 11) is -4.07. The van der Waals surface area contributed by atoms with Crippen molar-refractivity contribution in [2.24, 2.45) is 0 Å². The van der Waals surface area contributed by atoms with Gasteiger partial charge >= 0.3 is 0 Å². The number of nitrogens with one attached hydrogen (secondary N) is 1. The molecule has 1 fully saturated rings. The molecule has 0 saturated heterocycles. The van der Waals surface area contributed by atoms with Gasteiger partial charge in [0.05, 0.1) is 10.6 Å². The Morgan fingerprint density at radius 1 is 0.902 bits per heavy atom. The lowest BCUT2D eigenvalue weighted by Gasteiger charge is -2.34. The monoisotopic (exact) mass is 575 g/mol. The van der Waals surface area contributed by atoms with Crippen LogP contribution in [0.15, 0.2) is 83.8 Å². The molecule has 0 aromatic heterocycles. The number of hydrogen-bond donors (Lipinski definition) is 1. The fourth-order valence-electron chi connectivity index (χ4n) is 5.44. The number of carbonyl (C=O) groups is 2. The Balaban J connectivity index is 1.71. The van der Waals surface area contributed by atoms with Crippen LogP contribution in [-0.2, 0) is 32.6 Å². The number of benzene rings is 3. The van der Waals surface area contributed by atoms with Gasteiger partial charge in [0, 0.05) is 12.6 Å². The van der Waals surface area contributed by atoms with E-state index in [-0.39, 0.29) is 23.4 Å². The van der Waals surface area contributed by atoms with E-state index in [0.717, 1.165) is 53.1 Å². The molecule has 0 aliphatic heterocycles. The maximum absolute atomic E-state index is 14.2. The van der Waals surface area contributed by atoms with Crippen molar-refractivity contribution in [1.29, 1.82) is 0 Å². The van der Waals surface area contributed by atoms with E-state index in [1.54, 1.807) is 35.2 Å². The number of sulfonamides is 1. The van der Waals surface area contributed by atoms with E-state index >= 15 is 0 Å². The first kappa shape index (κ1) is 30.3. The second-order valence-electron chi connectivity index (χ2n) is 10.8. The highest BCUT2D eigenvalue weighted by Crippen LogP contribution is 2.26. The molecule has 1 N–H and O–H groups in total. The lowest BCUT2D eigenvalue weighted by atomic mass is 10.1. The molecule has 1 atom stereocenters. The third-order valence-electron chi connectivity index (χ3n) is 7.77. The number of nitrogens with zero attached hydrogens (tertiary/aromatic N) is 2. The molecule has 218 valence electrons.